The largest absolute Gasteiger partial charge is 0.457 e. The van der Waals surface area contributed by atoms with Crippen molar-refractivity contribution in [3.05, 3.63) is 120 Å². The van der Waals surface area contributed by atoms with E-state index < -0.39 is 11.7 Å². The molecule has 0 aliphatic heterocycles. The highest BCUT2D eigenvalue weighted by atomic mass is 19.4. The van der Waals surface area contributed by atoms with Crippen LogP contribution in [0.15, 0.2) is 103 Å². The average Bonchev–Trinajstić information content (AvgIpc) is 3.52. The Labute approximate surface area is 236 Å². The highest BCUT2D eigenvalue weighted by Crippen LogP contribution is 2.45. The standard InChI is InChI=1S/C33H30F3N3O2/c34-33(35,36)27-11-13-28(14-12-27)41-29-5-3-4-22(18-29)6-7-23-19-25-9-8-24(23)20-30(25)38-32(40)26-10-15-31(37-21-26)39-16-1-2-17-39/h1-5,7,10-18,21,24-25,30H,6,8-9,19-20H2,(H,38,40). The van der Waals surface area contributed by atoms with Gasteiger partial charge in [-0.25, -0.2) is 4.98 Å². The summed E-state index contributed by atoms with van der Waals surface area (Å²) in [5.74, 6) is 2.50. The summed E-state index contributed by atoms with van der Waals surface area (Å²) in [6.45, 7) is 0. The number of amides is 1. The van der Waals surface area contributed by atoms with Gasteiger partial charge in [0.15, 0.2) is 0 Å². The number of carbonyl (C=O) groups excluding carboxylic acids is 1. The number of pyridine rings is 1. The molecule has 3 aliphatic rings. The number of alkyl halides is 3. The molecule has 0 radical (unpaired) electrons. The number of rotatable bonds is 7. The van der Waals surface area contributed by atoms with Gasteiger partial charge in [-0.1, -0.05) is 23.8 Å². The topological polar surface area (TPSA) is 56.1 Å². The molecule has 41 heavy (non-hydrogen) atoms. The van der Waals surface area contributed by atoms with Crippen LogP contribution in [0.5, 0.6) is 11.5 Å². The maximum Gasteiger partial charge on any atom is 0.416 e. The first kappa shape index (κ1) is 26.9. The molecule has 2 heterocycles. The van der Waals surface area contributed by atoms with Crippen molar-refractivity contribution >= 4 is 5.91 Å². The van der Waals surface area contributed by atoms with Crippen LogP contribution in [0.4, 0.5) is 13.2 Å². The summed E-state index contributed by atoms with van der Waals surface area (Å²) in [6, 6.07) is 20.0. The van der Waals surface area contributed by atoms with Crippen molar-refractivity contribution in [2.45, 2.75) is 44.3 Å². The minimum Gasteiger partial charge on any atom is -0.457 e. The molecule has 3 fully saturated rings. The molecule has 3 atom stereocenters. The van der Waals surface area contributed by atoms with Crippen molar-refractivity contribution in [1.29, 1.82) is 0 Å². The van der Waals surface area contributed by atoms with Gasteiger partial charge < -0.3 is 14.6 Å². The lowest BCUT2D eigenvalue weighted by molar-refractivity contribution is -0.137. The number of allylic oxidation sites excluding steroid dienone is 2. The van der Waals surface area contributed by atoms with Gasteiger partial charge in [0.2, 0.25) is 0 Å². The van der Waals surface area contributed by atoms with Crippen LogP contribution >= 0.6 is 0 Å². The number of carbonyl (C=O) groups is 1. The molecule has 0 saturated heterocycles. The third-order valence-electron chi connectivity index (χ3n) is 8.13. The second-order valence-electron chi connectivity index (χ2n) is 10.8. The zero-order valence-electron chi connectivity index (χ0n) is 22.4. The molecule has 210 valence electrons. The number of fused-ring (bicyclic) bond motifs is 3. The number of benzene rings is 2. The summed E-state index contributed by atoms with van der Waals surface area (Å²) in [7, 11) is 0. The first-order chi connectivity index (χ1) is 19.8. The highest BCUT2D eigenvalue weighted by Gasteiger charge is 2.39. The zero-order valence-corrected chi connectivity index (χ0v) is 22.4. The van der Waals surface area contributed by atoms with Gasteiger partial charge in [-0.2, -0.15) is 13.2 Å². The summed E-state index contributed by atoms with van der Waals surface area (Å²) in [6.07, 6.45) is 8.29. The van der Waals surface area contributed by atoms with E-state index in [9.17, 15) is 18.0 Å². The van der Waals surface area contributed by atoms with Crippen LogP contribution in [0.3, 0.4) is 0 Å². The average molecular weight is 558 g/mol. The molecule has 3 unspecified atom stereocenters. The SMILES string of the molecule is O=C(NC1CC2CCC1CC2=CCc1cccc(Oc2ccc(C(F)(F)F)cc2)c1)c1ccc(-n2cccc2)nc1. The third-order valence-corrected chi connectivity index (χ3v) is 8.13. The smallest absolute Gasteiger partial charge is 0.416 e. The normalized spacial score (nSPS) is 21.1. The molecular weight excluding hydrogens is 527 g/mol. The molecule has 2 bridgehead atoms. The number of halogens is 3. The number of hydrogen-bond donors (Lipinski definition) is 1. The maximum absolute atomic E-state index is 13.0. The zero-order chi connectivity index (χ0) is 28.4. The maximum atomic E-state index is 13.0. The number of nitrogens with one attached hydrogen (secondary N) is 1. The van der Waals surface area contributed by atoms with Crippen molar-refractivity contribution < 1.29 is 22.7 Å². The van der Waals surface area contributed by atoms with Crippen LogP contribution in [0, 0.1) is 11.8 Å². The molecular formula is C33H30F3N3O2. The molecule has 3 aliphatic carbocycles. The molecule has 8 heteroatoms. The van der Waals surface area contributed by atoms with Crippen molar-refractivity contribution in [2.24, 2.45) is 11.8 Å². The number of aromatic nitrogens is 2. The second kappa shape index (κ2) is 11.3. The Bertz CT molecular complexity index is 1530. The molecule has 7 rings (SSSR count). The van der Waals surface area contributed by atoms with Crippen LogP contribution in [-0.2, 0) is 12.6 Å². The molecule has 5 nitrogen and oxygen atoms in total. The van der Waals surface area contributed by atoms with E-state index in [4.69, 9.17) is 4.74 Å². The first-order valence-corrected chi connectivity index (χ1v) is 13.8. The number of hydrogen-bond acceptors (Lipinski definition) is 3. The van der Waals surface area contributed by atoms with Gasteiger partial charge in [0.25, 0.3) is 5.91 Å². The van der Waals surface area contributed by atoms with E-state index >= 15 is 0 Å². The lowest BCUT2D eigenvalue weighted by Gasteiger charge is -2.44. The van der Waals surface area contributed by atoms with Gasteiger partial charge in [-0.05, 0) is 110 Å². The van der Waals surface area contributed by atoms with Gasteiger partial charge in [-0.3, -0.25) is 4.79 Å². The summed E-state index contributed by atoms with van der Waals surface area (Å²) in [5.41, 5.74) is 2.38. The quantitative estimate of drug-likeness (QED) is 0.236. The van der Waals surface area contributed by atoms with Crippen LogP contribution < -0.4 is 10.1 Å². The van der Waals surface area contributed by atoms with Crippen molar-refractivity contribution in [3.8, 4) is 17.3 Å². The minimum absolute atomic E-state index is 0.0792. The molecule has 1 amide bonds. The first-order valence-electron chi connectivity index (χ1n) is 13.8. The predicted octanol–water partition coefficient (Wildman–Crippen LogP) is 7.77. The monoisotopic (exact) mass is 557 g/mol. The molecule has 1 N–H and O–H groups in total. The number of ether oxygens (including phenoxy) is 1. The Hall–Kier alpha value is -4.33. The number of nitrogens with zero attached hydrogens (tertiary/aromatic N) is 2. The van der Waals surface area contributed by atoms with Crippen LogP contribution in [0.2, 0.25) is 0 Å². The van der Waals surface area contributed by atoms with Crippen molar-refractivity contribution in [1.82, 2.24) is 14.9 Å². The molecule has 2 aromatic carbocycles. The van der Waals surface area contributed by atoms with E-state index in [1.54, 1.807) is 12.3 Å². The van der Waals surface area contributed by atoms with Gasteiger partial charge >= 0.3 is 6.18 Å². The summed E-state index contributed by atoms with van der Waals surface area (Å²) in [5, 5.41) is 3.27. The van der Waals surface area contributed by atoms with E-state index in [0.29, 0.717) is 28.9 Å². The Morgan fingerprint density at radius 2 is 1.80 bits per heavy atom. The second-order valence-corrected chi connectivity index (χ2v) is 10.8. The third kappa shape index (κ3) is 6.21. The predicted molar refractivity (Wildman–Crippen MR) is 150 cm³/mol. The van der Waals surface area contributed by atoms with Gasteiger partial charge in [-0.15, -0.1) is 0 Å². The van der Waals surface area contributed by atoms with E-state index in [1.165, 1.54) is 17.7 Å². The summed E-state index contributed by atoms with van der Waals surface area (Å²) >= 11 is 0. The fraction of sp³-hybridized carbons (Fsp3) is 0.273. The fourth-order valence-electron chi connectivity index (χ4n) is 5.96. The molecule has 3 saturated carbocycles. The van der Waals surface area contributed by atoms with Crippen LogP contribution in [0.1, 0.15) is 47.2 Å². The van der Waals surface area contributed by atoms with Gasteiger partial charge in [0.05, 0.1) is 11.1 Å². The minimum atomic E-state index is -4.37. The van der Waals surface area contributed by atoms with Crippen molar-refractivity contribution in [2.75, 3.05) is 0 Å². The Balaban J connectivity index is 1.05. The molecule has 0 spiro atoms. The Kier molecular flexibility index (Phi) is 7.39. The van der Waals surface area contributed by atoms with Gasteiger partial charge in [0, 0.05) is 24.6 Å². The van der Waals surface area contributed by atoms with E-state index in [0.717, 1.165) is 55.6 Å². The molecule has 2 aromatic heterocycles. The fourth-order valence-corrected chi connectivity index (χ4v) is 5.96. The summed E-state index contributed by atoms with van der Waals surface area (Å²) in [4.78, 5) is 17.4. The van der Waals surface area contributed by atoms with E-state index in [2.05, 4.69) is 16.4 Å². The van der Waals surface area contributed by atoms with E-state index in [1.807, 2.05) is 59.4 Å². The Morgan fingerprint density at radius 3 is 2.49 bits per heavy atom. The Morgan fingerprint density at radius 1 is 1.00 bits per heavy atom. The van der Waals surface area contributed by atoms with Crippen LogP contribution in [-0.4, -0.2) is 21.5 Å². The lowest BCUT2D eigenvalue weighted by atomic mass is 9.65. The molecule has 4 aromatic rings. The van der Waals surface area contributed by atoms with Crippen molar-refractivity contribution in [3.63, 3.8) is 0 Å². The highest BCUT2D eigenvalue weighted by molar-refractivity contribution is 5.94. The summed E-state index contributed by atoms with van der Waals surface area (Å²) < 4.78 is 46.2. The van der Waals surface area contributed by atoms with Gasteiger partial charge in [0.1, 0.15) is 17.3 Å². The van der Waals surface area contributed by atoms with E-state index in [-0.39, 0.29) is 11.9 Å². The lowest BCUT2D eigenvalue weighted by Crippen LogP contribution is -2.47. The van der Waals surface area contributed by atoms with Crippen LogP contribution in [0.25, 0.3) is 5.82 Å².